The van der Waals surface area contributed by atoms with Gasteiger partial charge in [-0.05, 0) is 14.0 Å². The van der Waals surface area contributed by atoms with E-state index < -0.39 is 0 Å². The van der Waals surface area contributed by atoms with E-state index in [0.29, 0.717) is 0 Å². The van der Waals surface area contributed by atoms with Crippen LogP contribution in [0, 0.1) is 0 Å². The Hall–Kier alpha value is -0.120. The van der Waals surface area contributed by atoms with Crippen LogP contribution in [0.1, 0.15) is 6.92 Å². The number of hydrazine groups is 1. The van der Waals surface area contributed by atoms with Crippen molar-refractivity contribution >= 4 is 0 Å². The number of nitrogens with one attached hydrogen (secondary N) is 2. The maximum Gasteiger partial charge on any atom is 0.117 e. The fourth-order valence-electron chi connectivity index (χ4n) is 0.262. The van der Waals surface area contributed by atoms with E-state index in [0.717, 1.165) is 0 Å². The lowest BCUT2D eigenvalue weighted by molar-refractivity contribution is 0.0790. The first-order valence-electron chi connectivity index (χ1n) is 2.26. The minimum Gasteiger partial charge on any atom is -0.366 e. The van der Waals surface area contributed by atoms with E-state index >= 15 is 0 Å². The van der Waals surface area contributed by atoms with Crippen LogP contribution >= 0.6 is 0 Å². The summed E-state index contributed by atoms with van der Waals surface area (Å²) in [6.07, 6.45) is 0.0880. The third-order valence-corrected chi connectivity index (χ3v) is 0.701. The molecule has 0 saturated carbocycles. The average molecular weight is 104 g/mol. The van der Waals surface area contributed by atoms with Gasteiger partial charge in [-0.25, -0.2) is 5.43 Å². The Morgan fingerprint density at radius 1 is 1.57 bits per heavy atom. The van der Waals surface area contributed by atoms with E-state index in [-0.39, 0.29) is 6.23 Å². The Labute approximate surface area is 44.0 Å². The summed E-state index contributed by atoms with van der Waals surface area (Å²) in [6.45, 7) is 1.91. The van der Waals surface area contributed by atoms with Crippen molar-refractivity contribution in [1.29, 1.82) is 0 Å². The van der Waals surface area contributed by atoms with Crippen LogP contribution in [0.4, 0.5) is 0 Å². The number of ether oxygens (including phenoxy) is 1. The molecule has 0 heterocycles. The van der Waals surface area contributed by atoms with E-state index in [1.165, 1.54) is 0 Å². The molecule has 0 aromatic heterocycles. The first-order valence-corrected chi connectivity index (χ1v) is 2.26. The van der Waals surface area contributed by atoms with E-state index in [9.17, 15) is 0 Å². The molecular formula is C4H12N2O. The van der Waals surface area contributed by atoms with Gasteiger partial charge in [-0.3, -0.25) is 5.43 Å². The summed E-state index contributed by atoms with van der Waals surface area (Å²) in [5, 5.41) is 0. The predicted octanol–water partition coefficient (Wildman–Crippen LogP) is -0.297. The Balaban J connectivity index is 2.83. The molecule has 0 saturated heterocycles. The number of hydrogen-bond donors (Lipinski definition) is 2. The van der Waals surface area contributed by atoms with Gasteiger partial charge >= 0.3 is 0 Å². The second-order valence-electron chi connectivity index (χ2n) is 1.27. The third kappa shape index (κ3) is 3.72. The van der Waals surface area contributed by atoms with Gasteiger partial charge in [0.1, 0.15) is 6.23 Å². The van der Waals surface area contributed by atoms with Gasteiger partial charge < -0.3 is 4.74 Å². The summed E-state index contributed by atoms with van der Waals surface area (Å²) in [5.41, 5.74) is 5.57. The predicted molar refractivity (Wildman–Crippen MR) is 28.7 cm³/mol. The molecule has 0 aliphatic heterocycles. The van der Waals surface area contributed by atoms with Crippen molar-refractivity contribution in [3.8, 4) is 0 Å². The Morgan fingerprint density at radius 3 is 2.29 bits per heavy atom. The topological polar surface area (TPSA) is 33.3 Å². The fraction of sp³-hybridized carbons (Fsp3) is 1.00. The van der Waals surface area contributed by atoms with Crippen molar-refractivity contribution in [2.75, 3.05) is 14.2 Å². The summed E-state index contributed by atoms with van der Waals surface area (Å²) in [6, 6.07) is 0. The molecule has 0 radical (unpaired) electrons. The summed E-state index contributed by atoms with van der Waals surface area (Å²) in [4.78, 5) is 0. The Bertz CT molecular complexity index is 40.7. The molecule has 0 aromatic rings. The van der Waals surface area contributed by atoms with E-state index in [2.05, 4.69) is 10.9 Å². The van der Waals surface area contributed by atoms with Gasteiger partial charge in [0.05, 0.1) is 0 Å². The van der Waals surface area contributed by atoms with E-state index in [1.54, 1.807) is 14.2 Å². The second-order valence-corrected chi connectivity index (χ2v) is 1.27. The second kappa shape index (κ2) is 4.05. The molecule has 1 unspecified atom stereocenters. The molecule has 0 fully saturated rings. The monoisotopic (exact) mass is 104 g/mol. The van der Waals surface area contributed by atoms with Crippen LogP contribution in [-0.4, -0.2) is 20.4 Å². The molecule has 0 aromatic carbocycles. The van der Waals surface area contributed by atoms with Crippen LogP contribution in [0.15, 0.2) is 0 Å². The zero-order valence-corrected chi connectivity index (χ0v) is 4.99. The molecule has 0 amide bonds. The van der Waals surface area contributed by atoms with Crippen molar-refractivity contribution in [1.82, 2.24) is 10.9 Å². The highest BCUT2D eigenvalue weighted by Gasteiger charge is 1.89. The molecular weight excluding hydrogens is 92.1 g/mol. The summed E-state index contributed by atoms with van der Waals surface area (Å²) in [5.74, 6) is 0. The smallest absolute Gasteiger partial charge is 0.117 e. The SMILES string of the molecule is CNNC(C)OC. The van der Waals surface area contributed by atoms with Crippen molar-refractivity contribution in [2.24, 2.45) is 0 Å². The highest BCUT2D eigenvalue weighted by Crippen LogP contribution is 1.73. The van der Waals surface area contributed by atoms with Gasteiger partial charge in [0.25, 0.3) is 0 Å². The maximum absolute atomic E-state index is 4.82. The molecule has 7 heavy (non-hydrogen) atoms. The standard InChI is InChI=1S/C4H12N2O/c1-4(7-3)6-5-2/h4-6H,1-3H3. The lowest BCUT2D eigenvalue weighted by Crippen LogP contribution is -2.37. The normalized spacial score (nSPS) is 14.1. The first kappa shape index (κ1) is 6.88. The molecule has 2 N–H and O–H groups in total. The lowest BCUT2D eigenvalue weighted by atomic mass is 10.7. The maximum atomic E-state index is 4.82. The van der Waals surface area contributed by atoms with Crippen LogP contribution in [0.25, 0.3) is 0 Å². The molecule has 3 heteroatoms. The van der Waals surface area contributed by atoms with Crippen LogP contribution in [-0.2, 0) is 4.74 Å². The van der Waals surface area contributed by atoms with Crippen molar-refractivity contribution < 1.29 is 4.74 Å². The Kier molecular flexibility index (Phi) is 3.98. The number of hydrogen-bond acceptors (Lipinski definition) is 3. The quantitative estimate of drug-likeness (QED) is 0.381. The van der Waals surface area contributed by atoms with Gasteiger partial charge in [-0.15, -0.1) is 0 Å². The molecule has 0 rings (SSSR count). The molecule has 1 atom stereocenters. The highest BCUT2D eigenvalue weighted by molar-refractivity contribution is 4.33. The van der Waals surface area contributed by atoms with Gasteiger partial charge in [-0.1, -0.05) is 0 Å². The molecule has 0 bridgehead atoms. The fourth-order valence-corrected chi connectivity index (χ4v) is 0.262. The Morgan fingerprint density at radius 2 is 2.14 bits per heavy atom. The summed E-state index contributed by atoms with van der Waals surface area (Å²) < 4.78 is 4.82. The zero-order chi connectivity index (χ0) is 5.70. The zero-order valence-electron chi connectivity index (χ0n) is 4.99. The first-order chi connectivity index (χ1) is 3.31. The van der Waals surface area contributed by atoms with Crippen LogP contribution in [0.2, 0.25) is 0 Å². The average Bonchev–Trinajstić information content (AvgIpc) is 1.68. The molecule has 0 spiro atoms. The highest BCUT2D eigenvalue weighted by atomic mass is 16.5. The minimum atomic E-state index is 0.0880. The molecule has 44 valence electrons. The van der Waals surface area contributed by atoms with Crippen molar-refractivity contribution in [2.45, 2.75) is 13.2 Å². The van der Waals surface area contributed by atoms with Crippen molar-refractivity contribution in [3.05, 3.63) is 0 Å². The van der Waals surface area contributed by atoms with Gasteiger partial charge in [0.2, 0.25) is 0 Å². The summed E-state index contributed by atoms with van der Waals surface area (Å²) in [7, 11) is 3.45. The summed E-state index contributed by atoms with van der Waals surface area (Å²) >= 11 is 0. The van der Waals surface area contributed by atoms with Crippen molar-refractivity contribution in [3.63, 3.8) is 0 Å². The number of rotatable bonds is 3. The van der Waals surface area contributed by atoms with E-state index in [1.807, 2.05) is 6.92 Å². The third-order valence-electron chi connectivity index (χ3n) is 0.701. The number of methoxy groups -OCH3 is 1. The van der Waals surface area contributed by atoms with Crippen LogP contribution < -0.4 is 10.9 Å². The minimum absolute atomic E-state index is 0.0880. The molecule has 0 aliphatic carbocycles. The van der Waals surface area contributed by atoms with E-state index in [4.69, 9.17) is 4.74 Å². The molecule has 0 aliphatic rings. The van der Waals surface area contributed by atoms with Gasteiger partial charge in [-0.2, -0.15) is 0 Å². The van der Waals surface area contributed by atoms with Crippen LogP contribution in [0.3, 0.4) is 0 Å². The lowest BCUT2D eigenvalue weighted by Gasteiger charge is -2.08. The van der Waals surface area contributed by atoms with Crippen LogP contribution in [0.5, 0.6) is 0 Å². The van der Waals surface area contributed by atoms with Gasteiger partial charge in [0.15, 0.2) is 0 Å². The van der Waals surface area contributed by atoms with Gasteiger partial charge in [0, 0.05) is 7.11 Å². The molecule has 3 nitrogen and oxygen atoms in total. The largest absolute Gasteiger partial charge is 0.366 e.